The van der Waals surface area contributed by atoms with Crippen LogP contribution in [0.15, 0.2) is 121 Å². The third kappa shape index (κ3) is 4.30. The number of hydrogen-bond acceptors (Lipinski definition) is 0. The number of aryl methyl sites for hydroxylation is 5. The highest BCUT2D eigenvalue weighted by Gasteiger charge is 2.19. The molecule has 0 radical (unpaired) electrons. The Balaban J connectivity index is 1.36. The molecule has 0 unspecified atom stereocenters. The normalized spacial score (nSPS) is 11.8. The van der Waals surface area contributed by atoms with Gasteiger partial charge in [-0.05, 0) is 130 Å². The molecule has 0 fully saturated rings. The SMILES string of the molecule is CCn1c2ccccc2c2cc(-c3ccc(-c4c5cc(C)c(C)cc5c(-c5ccccc5)c5cc(C)c(C)cc45)cc3)ccc21. The summed E-state index contributed by atoms with van der Waals surface area (Å²) in [5.41, 5.74) is 15.5. The molecule has 0 aliphatic rings. The Morgan fingerprint density at radius 1 is 0.378 bits per heavy atom. The molecule has 8 aromatic rings. The van der Waals surface area contributed by atoms with Crippen LogP contribution in [0.5, 0.6) is 0 Å². The molecule has 7 aromatic carbocycles. The quantitative estimate of drug-likeness (QED) is 0.183. The molecule has 0 amide bonds. The second-order valence-electron chi connectivity index (χ2n) is 12.7. The Labute approximate surface area is 265 Å². The predicted molar refractivity (Wildman–Crippen MR) is 195 cm³/mol. The van der Waals surface area contributed by atoms with Crippen LogP contribution in [0.1, 0.15) is 29.2 Å². The first kappa shape index (κ1) is 27.4. The summed E-state index contributed by atoms with van der Waals surface area (Å²) in [5.74, 6) is 0. The lowest BCUT2D eigenvalue weighted by Gasteiger charge is -2.20. The van der Waals surface area contributed by atoms with Crippen molar-refractivity contribution < 1.29 is 0 Å². The van der Waals surface area contributed by atoms with Crippen LogP contribution in [0.25, 0.3) is 76.7 Å². The number of nitrogens with zero attached hydrogens (tertiary/aromatic N) is 1. The second kappa shape index (κ2) is 10.5. The van der Waals surface area contributed by atoms with Gasteiger partial charge in [0.15, 0.2) is 0 Å². The van der Waals surface area contributed by atoms with Gasteiger partial charge in [-0.15, -0.1) is 0 Å². The van der Waals surface area contributed by atoms with Gasteiger partial charge in [0.2, 0.25) is 0 Å². The van der Waals surface area contributed by atoms with Crippen LogP contribution >= 0.6 is 0 Å². The van der Waals surface area contributed by atoms with Gasteiger partial charge in [0.25, 0.3) is 0 Å². The van der Waals surface area contributed by atoms with Crippen molar-refractivity contribution >= 4 is 43.4 Å². The summed E-state index contributed by atoms with van der Waals surface area (Å²) >= 11 is 0. The van der Waals surface area contributed by atoms with E-state index in [4.69, 9.17) is 0 Å². The summed E-state index contributed by atoms with van der Waals surface area (Å²) in [4.78, 5) is 0. The highest BCUT2D eigenvalue weighted by atomic mass is 15.0. The fraction of sp³-hybridized carbons (Fsp3) is 0.136. The van der Waals surface area contributed by atoms with E-state index < -0.39 is 0 Å². The van der Waals surface area contributed by atoms with E-state index in [0.717, 1.165) is 6.54 Å². The van der Waals surface area contributed by atoms with E-state index in [1.54, 1.807) is 0 Å². The molecule has 1 heterocycles. The van der Waals surface area contributed by atoms with Gasteiger partial charge in [-0.2, -0.15) is 0 Å². The Bertz CT molecular complexity index is 2350. The number of rotatable bonds is 4. The van der Waals surface area contributed by atoms with Crippen LogP contribution in [0.4, 0.5) is 0 Å². The number of fused-ring (bicyclic) bond motifs is 5. The average Bonchev–Trinajstić information content (AvgIpc) is 3.39. The first-order valence-corrected chi connectivity index (χ1v) is 16.1. The van der Waals surface area contributed by atoms with E-state index in [-0.39, 0.29) is 0 Å². The van der Waals surface area contributed by atoms with Crippen molar-refractivity contribution in [2.45, 2.75) is 41.2 Å². The van der Waals surface area contributed by atoms with Gasteiger partial charge in [0, 0.05) is 28.4 Å². The molecule has 1 aromatic heterocycles. The van der Waals surface area contributed by atoms with Crippen LogP contribution in [-0.4, -0.2) is 4.57 Å². The van der Waals surface area contributed by atoms with E-state index in [1.165, 1.54) is 99.0 Å². The molecule has 0 aliphatic heterocycles. The van der Waals surface area contributed by atoms with Crippen LogP contribution in [-0.2, 0) is 6.54 Å². The zero-order valence-corrected chi connectivity index (χ0v) is 26.7. The highest BCUT2D eigenvalue weighted by Crippen LogP contribution is 2.45. The van der Waals surface area contributed by atoms with E-state index in [9.17, 15) is 0 Å². The molecule has 0 spiro atoms. The van der Waals surface area contributed by atoms with Gasteiger partial charge in [0.1, 0.15) is 0 Å². The lowest BCUT2D eigenvalue weighted by Crippen LogP contribution is -1.95. The molecule has 8 rings (SSSR count). The van der Waals surface area contributed by atoms with Crippen LogP contribution in [0.3, 0.4) is 0 Å². The molecular weight excluding hydrogens is 542 g/mol. The van der Waals surface area contributed by atoms with Crippen LogP contribution in [0, 0.1) is 27.7 Å². The first-order valence-electron chi connectivity index (χ1n) is 16.1. The second-order valence-corrected chi connectivity index (χ2v) is 12.7. The largest absolute Gasteiger partial charge is 0.341 e. The average molecular weight is 580 g/mol. The van der Waals surface area contributed by atoms with Crippen LogP contribution < -0.4 is 0 Å². The molecule has 45 heavy (non-hydrogen) atoms. The third-order valence-corrected chi connectivity index (χ3v) is 10.0. The smallest absolute Gasteiger partial charge is 0.0491 e. The molecule has 0 atom stereocenters. The van der Waals surface area contributed by atoms with E-state index in [2.05, 4.69) is 161 Å². The van der Waals surface area contributed by atoms with Gasteiger partial charge in [-0.3, -0.25) is 0 Å². The van der Waals surface area contributed by atoms with Crippen LogP contribution in [0.2, 0.25) is 0 Å². The van der Waals surface area contributed by atoms with Gasteiger partial charge < -0.3 is 4.57 Å². The molecule has 1 heteroatoms. The highest BCUT2D eigenvalue weighted by molar-refractivity contribution is 6.22. The summed E-state index contributed by atoms with van der Waals surface area (Å²) < 4.78 is 2.42. The fourth-order valence-electron chi connectivity index (χ4n) is 7.38. The zero-order valence-electron chi connectivity index (χ0n) is 26.7. The summed E-state index contributed by atoms with van der Waals surface area (Å²) in [7, 11) is 0. The minimum Gasteiger partial charge on any atom is -0.341 e. The predicted octanol–water partition coefficient (Wildman–Crippen LogP) is 12.4. The molecule has 0 saturated carbocycles. The third-order valence-electron chi connectivity index (χ3n) is 10.0. The number of para-hydroxylation sites is 1. The Kier molecular flexibility index (Phi) is 6.39. The minimum absolute atomic E-state index is 0.959. The molecule has 0 N–H and O–H groups in total. The van der Waals surface area contributed by atoms with Crippen molar-refractivity contribution in [2.24, 2.45) is 0 Å². The number of hydrogen-bond donors (Lipinski definition) is 0. The monoisotopic (exact) mass is 579 g/mol. The summed E-state index contributed by atoms with van der Waals surface area (Å²) in [6.45, 7) is 12.1. The molecule has 0 bridgehead atoms. The maximum Gasteiger partial charge on any atom is 0.0491 e. The Hall–Kier alpha value is -5.14. The molecular formula is C44H37N. The summed E-state index contributed by atoms with van der Waals surface area (Å²) in [5, 5.41) is 7.90. The molecule has 0 saturated heterocycles. The fourth-order valence-corrected chi connectivity index (χ4v) is 7.38. The van der Waals surface area contributed by atoms with E-state index in [0.29, 0.717) is 0 Å². The van der Waals surface area contributed by atoms with Gasteiger partial charge in [-0.25, -0.2) is 0 Å². The summed E-state index contributed by atoms with van der Waals surface area (Å²) in [6.07, 6.45) is 0. The molecule has 218 valence electrons. The number of aromatic nitrogens is 1. The van der Waals surface area contributed by atoms with E-state index in [1.807, 2.05) is 0 Å². The van der Waals surface area contributed by atoms with Crippen molar-refractivity contribution in [2.75, 3.05) is 0 Å². The standard InChI is InChI=1S/C44H37N/c1-6-45-41-15-11-10-14-35(41)36-26-34(20-21-42(36)45)31-16-18-33(19-17-31)44-39-24-29(4)27(2)22-37(39)43(32-12-8-7-9-13-32)38-23-28(3)30(5)25-40(38)44/h7-26H,6H2,1-5H3. The molecule has 1 nitrogen and oxygen atoms in total. The zero-order chi connectivity index (χ0) is 30.8. The topological polar surface area (TPSA) is 4.93 Å². The lowest BCUT2D eigenvalue weighted by molar-refractivity contribution is 0.827. The molecule has 0 aliphatic carbocycles. The first-order chi connectivity index (χ1) is 21.9. The summed E-state index contributed by atoms with van der Waals surface area (Å²) in [6, 6.07) is 45.5. The number of benzene rings is 7. The van der Waals surface area contributed by atoms with Gasteiger partial charge in [-0.1, -0.05) is 103 Å². The Morgan fingerprint density at radius 3 is 1.38 bits per heavy atom. The van der Waals surface area contributed by atoms with Crippen molar-refractivity contribution in [3.05, 3.63) is 144 Å². The van der Waals surface area contributed by atoms with Gasteiger partial charge >= 0.3 is 0 Å². The van der Waals surface area contributed by atoms with Crippen molar-refractivity contribution in [1.82, 2.24) is 4.57 Å². The van der Waals surface area contributed by atoms with Crippen molar-refractivity contribution in [1.29, 1.82) is 0 Å². The maximum atomic E-state index is 2.42. The minimum atomic E-state index is 0.959. The van der Waals surface area contributed by atoms with Gasteiger partial charge in [0.05, 0.1) is 0 Å². The lowest BCUT2D eigenvalue weighted by atomic mass is 9.83. The Morgan fingerprint density at radius 2 is 0.822 bits per heavy atom. The van der Waals surface area contributed by atoms with Crippen molar-refractivity contribution in [3.8, 4) is 33.4 Å². The van der Waals surface area contributed by atoms with Crippen molar-refractivity contribution in [3.63, 3.8) is 0 Å². The van der Waals surface area contributed by atoms with E-state index >= 15 is 0 Å². The maximum absolute atomic E-state index is 2.42.